The third kappa shape index (κ3) is 3.33. The highest BCUT2D eigenvalue weighted by Crippen LogP contribution is 2.26. The molecule has 21 heavy (non-hydrogen) atoms. The van der Waals surface area contributed by atoms with Crippen LogP contribution in [0.25, 0.3) is 0 Å². The zero-order valence-corrected chi connectivity index (χ0v) is 13.5. The van der Waals surface area contributed by atoms with Crippen molar-refractivity contribution in [2.75, 3.05) is 13.1 Å². The van der Waals surface area contributed by atoms with E-state index in [4.69, 9.17) is 4.52 Å². The van der Waals surface area contributed by atoms with Gasteiger partial charge in [0.2, 0.25) is 0 Å². The number of rotatable bonds is 4. The van der Waals surface area contributed by atoms with Crippen LogP contribution in [0, 0.1) is 26.7 Å². The Morgan fingerprint density at radius 3 is 2.81 bits per heavy atom. The summed E-state index contributed by atoms with van der Waals surface area (Å²) in [5.41, 5.74) is 2.01. The van der Waals surface area contributed by atoms with Crippen LogP contribution in [0.1, 0.15) is 27.0 Å². The van der Waals surface area contributed by atoms with Crippen LogP contribution in [0.3, 0.4) is 0 Å². The highest BCUT2D eigenvalue weighted by Gasteiger charge is 2.32. The molecular weight excluding hydrogens is 286 g/mol. The lowest BCUT2D eigenvalue weighted by molar-refractivity contribution is 0.137. The summed E-state index contributed by atoms with van der Waals surface area (Å²) in [4.78, 5) is 8.07. The Balaban J connectivity index is 1.61. The summed E-state index contributed by atoms with van der Waals surface area (Å²) in [6, 6.07) is 1.95. The van der Waals surface area contributed by atoms with E-state index in [0.717, 1.165) is 41.7 Å². The van der Waals surface area contributed by atoms with E-state index in [2.05, 4.69) is 22.0 Å². The summed E-state index contributed by atoms with van der Waals surface area (Å²) < 4.78 is 5.26. The molecule has 0 unspecified atom stereocenters. The first-order valence-electron chi connectivity index (χ1n) is 7.27. The second-order valence-electron chi connectivity index (χ2n) is 5.90. The Morgan fingerprint density at radius 2 is 2.19 bits per heavy atom. The van der Waals surface area contributed by atoms with E-state index in [-0.39, 0.29) is 12.0 Å². The van der Waals surface area contributed by atoms with Gasteiger partial charge in [-0.2, -0.15) is 0 Å². The molecule has 2 aromatic heterocycles. The van der Waals surface area contributed by atoms with Crippen LogP contribution < -0.4 is 0 Å². The van der Waals surface area contributed by atoms with E-state index >= 15 is 0 Å². The molecule has 5 nitrogen and oxygen atoms in total. The molecule has 0 saturated carbocycles. The van der Waals surface area contributed by atoms with Crippen molar-refractivity contribution < 1.29 is 9.63 Å². The number of aliphatic hydroxyl groups is 1. The molecule has 2 aromatic rings. The van der Waals surface area contributed by atoms with Crippen molar-refractivity contribution in [2.45, 2.75) is 39.8 Å². The number of nitrogens with zero attached hydrogens (tertiary/aromatic N) is 3. The van der Waals surface area contributed by atoms with Crippen LogP contribution in [-0.4, -0.2) is 39.3 Å². The average molecular weight is 307 g/mol. The standard InChI is InChI=1S/C15H21N3O2S/c1-9-4-13(20-17-9)5-12-6-18(7-14(12)19)8-15-10(2)16-11(3)21-15/h4,12,14,19H,5-8H2,1-3H3/t12-,14-/m1/s1. The Hall–Kier alpha value is -1.24. The number of β-amino-alcohol motifs (C(OH)–C–C–N with tert-alkyl or cyclic N) is 1. The molecule has 3 rings (SSSR count). The minimum Gasteiger partial charge on any atom is -0.391 e. The molecule has 3 heterocycles. The molecule has 0 aliphatic carbocycles. The molecule has 0 amide bonds. The maximum Gasteiger partial charge on any atom is 0.137 e. The highest BCUT2D eigenvalue weighted by atomic mass is 32.1. The summed E-state index contributed by atoms with van der Waals surface area (Å²) in [5, 5.41) is 15.3. The van der Waals surface area contributed by atoms with Crippen molar-refractivity contribution in [1.82, 2.24) is 15.0 Å². The molecule has 1 N–H and O–H groups in total. The summed E-state index contributed by atoms with van der Waals surface area (Å²) in [6.07, 6.45) is 0.448. The SMILES string of the molecule is Cc1cc(C[C@@H]2CN(Cc3sc(C)nc3C)C[C@H]2O)on1. The fourth-order valence-corrected chi connectivity index (χ4v) is 3.94. The van der Waals surface area contributed by atoms with Crippen LogP contribution >= 0.6 is 11.3 Å². The van der Waals surface area contributed by atoms with Crippen LogP contribution in [0.4, 0.5) is 0 Å². The van der Waals surface area contributed by atoms with E-state index in [1.54, 1.807) is 11.3 Å². The van der Waals surface area contributed by atoms with Crippen molar-refractivity contribution in [3.8, 4) is 0 Å². The fourth-order valence-electron chi connectivity index (χ4n) is 2.97. The van der Waals surface area contributed by atoms with Gasteiger partial charge in [-0.1, -0.05) is 5.16 Å². The Bertz CT molecular complexity index is 622. The molecule has 2 atom stereocenters. The monoisotopic (exact) mass is 307 g/mol. The largest absolute Gasteiger partial charge is 0.391 e. The highest BCUT2D eigenvalue weighted by molar-refractivity contribution is 7.11. The van der Waals surface area contributed by atoms with Gasteiger partial charge in [-0.05, 0) is 20.8 Å². The summed E-state index contributed by atoms with van der Waals surface area (Å²) in [6.45, 7) is 8.49. The van der Waals surface area contributed by atoms with Crippen LogP contribution in [0.5, 0.6) is 0 Å². The maximum atomic E-state index is 10.3. The molecule has 1 aliphatic rings. The lowest BCUT2D eigenvalue weighted by Gasteiger charge is -2.14. The van der Waals surface area contributed by atoms with E-state index in [1.165, 1.54) is 4.88 Å². The van der Waals surface area contributed by atoms with Gasteiger partial charge in [-0.25, -0.2) is 4.98 Å². The normalized spacial score (nSPS) is 23.0. The van der Waals surface area contributed by atoms with E-state index < -0.39 is 0 Å². The summed E-state index contributed by atoms with van der Waals surface area (Å²) in [5.74, 6) is 1.08. The zero-order valence-electron chi connectivity index (χ0n) is 12.7. The predicted molar refractivity (Wildman–Crippen MR) is 81.3 cm³/mol. The average Bonchev–Trinajstić information content (AvgIpc) is 3.04. The van der Waals surface area contributed by atoms with Gasteiger partial charge in [0.1, 0.15) is 5.76 Å². The Kier molecular flexibility index (Phi) is 4.10. The molecule has 0 aromatic carbocycles. The number of aromatic nitrogens is 2. The lowest BCUT2D eigenvalue weighted by atomic mass is 10.0. The Morgan fingerprint density at radius 1 is 1.38 bits per heavy atom. The number of thiazole rings is 1. The smallest absolute Gasteiger partial charge is 0.137 e. The van der Waals surface area contributed by atoms with Gasteiger partial charge in [0.05, 0.1) is 22.5 Å². The quantitative estimate of drug-likeness (QED) is 0.937. The maximum absolute atomic E-state index is 10.3. The summed E-state index contributed by atoms with van der Waals surface area (Å²) >= 11 is 1.75. The fraction of sp³-hybridized carbons (Fsp3) is 0.600. The van der Waals surface area contributed by atoms with E-state index in [0.29, 0.717) is 6.54 Å². The third-order valence-electron chi connectivity index (χ3n) is 3.99. The van der Waals surface area contributed by atoms with E-state index in [1.807, 2.05) is 19.9 Å². The van der Waals surface area contributed by atoms with Gasteiger partial charge in [0.15, 0.2) is 0 Å². The van der Waals surface area contributed by atoms with Gasteiger partial charge < -0.3 is 9.63 Å². The molecule has 0 radical (unpaired) electrons. The van der Waals surface area contributed by atoms with Crippen LogP contribution in [0.15, 0.2) is 10.6 Å². The number of likely N-dealkylation sites (tertiary alicyclic amines) is 1. The second-order valence-corrected chi connectivity index (χ2v) is 7.19. The number of aryl methyl sites for hydroxylation is 3. The minimum absolute atomic E-state index is 0.215. The number of hydrogen-bond donors (Lipinski definition) is 1. The van der Waals surface area contributed by atoms with Crippen LogP contribution in [0.2, 0.25) is 0 Å². The van der Waals surface area contributed by atoms with Gasteiger partial charge >= 0.3 is 0 Å². The van der Waals surface area contributed by atoms with Crippen molar-refractivity contribution in [3.63, 3.8) is 0 Å². The molecule has 6 heteroatoms. The molecule has 1 aliphatic heterocycles. The molecular formula is C15H21N3O2S. The van der Waals surface area contributed by atoms with E-state index in [9.17, 15) is 5.11 Å². The first-order valence-corrected chi connectivity index (χ1v) is 8.08. The third-order valence-corrected chi connectivity index (χ3v) is 5.05. The second kappa shape index (κ2) is 5.87. The zero-order chi connectivity index (χ0) is 15.0. The number of aliphatic hydroxyl groups excluding tert-OH is 1. The molecule has 114 valence electrons. The first kappa shape index (κ1) is 14.7. The predicted octanol–water partition coefficient (Wildman–Crippen LogP) is 2.09. The van der Waals surface area contributed by atoms with Crippen molar-refractivity contribution in [1.29, 1.82) is 0 Å². The molecule has 1 saturated heterocycles. The van der Waals surface area contributed by atoms with Gasteiger partial charge in [-0.15, -0.1) is 11.3 Å². The molecule has 0 spiro atoms. The molecule has 1 fully saturated rings. The van der Waals surface area contributed by atoms with Gasteiger partial charge in [-0.3, -0.25) is 4.90 Å². The van der Waals surface area contributed by atoms with Crippen LogP contribution in [-0.2, 0) is 13.0 Å². The molecule has 0 bridgehead atoms. The van der Waals surface area contributed by atoms with Crippen molar-refractivity contribution in [3.05, 3.63) is 33.1 Å². The first-order chi connectivity index (χ1) is 10.0. The topological polar surface area (TPSA) is 62.4 Å². The number of hydrogen-bond acceptors (Lipinski definition) is 6. The lowest BCUT2D eigenvalue weighted by Crippen LogP contribution is -2.21. The van der Waals surface area contributed by atoms with Gasteiger partial charge in [0, 0.05) is 42.9 Å². The van der Waals surface area contributed by atoms with Crippen molar-refractivity contribution >= 4 is 11.3 Å². The van der Waals surface area contributed by atoms with Gasteiger partial charge in [0.25, 0.3) is 0 Å². The minimum atomic E-state index is -0.301. The van der Waals surface area contributed by atoms with Crippen molar-refractivity contribution in [2.24, 2.45) is 5.92 Å². The summed E-state index contributed by atoms with van der Waals surface area (Å²) in [7, 11) is 0. The Labute approximate surface area is 128 Å².